The highest BCUT2D eigenvalue weighted by molar-refractivity contribution is 6.30. The Morgan fingerprint density at radius 3 is 2.76 bits per heavy atom. The first-order chi connectivity index (χ1) is 13.9. The van der Waals surface area contributed by atoms with Crippen LogP contribution in [-0.4, -0.2) is 31.5 Å². The van der Waals surface area contributed by atoms with Crippen molar-refractivity contribution in [1.82, 2.24) is 14.8 Å². The standard InChI is InChI=1S/C18H13ClN6O4/c19-12-6-4-10(5-7-12)14-9-15(26)20-18-22-17(23-24(14)18)21-16(27)11-2-1-3-13(8-11)25(28)29/h1-8,14H,9H2,(H2,20,21,22,23,26,27)/t14-/m0/s1. The molecule has 1 aliphatic heterocycles. The Labute approximate surface area is 168 Å². The highest BCUT2D eigenvalue weighted by Gasteiger charge is 2.29. The lowest BCUT2D eigenvalue weighted by molar-refractivity contribution is -0.384. The van der Waals surface area contributed by atoms with Crippen LogP contribution >= 0.6 is 11.6 Å². The monoisotopic (exact) mass is 412 g/mol. The quantitative estimate of drug-likeness (QED) is 0.500. The Morgan fingerprint density at radius 2 is 2.03 bits per heavy atom. The molecule has 2 amide bonds. The number of amides is 2. The van der Waals surface area contributed by atoms with Crippen LogP contribution in [0.5, 0.6) is 0 Å². The molecule has 0 aliphatic carbocycles. The van der Waals surface area contributed by atoms with E-state index in [1.54, 1.807) is 24.3 Å². The third-order valence-electron chi connectivity index (χ3n) is 4.36. The molecule has 1 atom stereocenters. The third-order valence-corrected chi connectivity index (χ3v) is 4.61. The molecule has 146 valence electrons. The lowest BCUT2D eigenvalue weighted by atomic mass is 10.0. The minimum atomic E-state index is -0.606. The van der Waals surface area contributed by atoms with Crippen molar-refractivity contribution in [3.05, 3.63) is 74.8 Å². The number of nitro groups is 1. The first-order valence-electron chi connectivity index (χ1n) is 8.48. The number of non-ortho nitro benzene ring substituents is 1. The molecule has 1 aromatic heterocycles. The number of fused-ring (bicyclic) bond motifs is 1. The first-order valence-corrected chi connectivity index (χ1v) is 8.86. The fourth-order valence-corrected chi connectivity index (χ4v) is 3.12. The van der Waals surface area contributed by atoms with Gasteiger partial charge in [-0.05, 0) is 23.8 Å². The number of hydrogen-bond donors (Lipinski definition) is 2. The molecule has 0 fully saturated rings. The van der Waals surface area contributed by atoms with Gasteiger partial charge < -0.3 is 0 Å². The fraction of sp³-hybridized carbons (Fsp3) is 0.111. The van der Waals surface area contributed by atoms with Crippen LogP contribution in [0.1, 0.15) is 28.4 Å². The van der Waals surface area contributed by atoms with Gasteiger partial charge in [-0.15, -0.1) is 5.10 Å². The van der Waals surface area contributed by atoms with Gasteiger partial charge in [-0.25, -0.2) is 4.68 Å². The second-order valence-electron chi connectivity index (χ2n) is 6.28. The number of nitro benzene ring substituents is 1. The summed E-state index contributed by atoms with van der Waals surface area (Å²) >= 11 is 5.93. The zero-order valence-electron chi connectivity index (χ0n) is 14.7. The smallest absolute Gasteiger partial charge is 0.270 e. The number of carbonyl (C=O) groups is 2. The summed E-state index contributed by atoms with van der Waals surface area (Å²) in [7, 11) is 0. The zero-order chi connectivity index (χ0) is 20.5. The highest BCUT2D eigenvalue weighted by Crippen LogP contribution is 2.30. The minimum Gasteiger partial charge on any atom is -0.295 e. The van der Waals surface area contributed by atoms with Gasteiger partial charge in [-0.2, -0.15) is 4.98 Å². The SMILES string of the molecule is O=C1C[C@@H](c2ccc(Cl)cc2)n2nc(NC(=O)c3cccc([N+](=O)[O-])c3)nc2N1. The van der Waals surface area contributed by atoms with Gasteiger partial charge in [0.2, 0.25) is 11.9 Å². The molecule has 4 rings (SSSR count). The highest BCUT2D eigenvalue weighted by atomic mass is 35.5. The molecule has 3 aromatic rings. The summed E-state index contributed by atoms with van der Waals surface area (Å²) in [5.74, 6) is -0.680. The Kier molecular flexibility index (Phi) is 4.69. The Bertz CT molecular complexity index is 1130. The van der Waals surface area contributed by atoms with E-state index in [0.717, 1.165) is 11.6 Å². The number of rotatable bonds is 4. The van der Waals surface area contributed by atoms with Gasteiger partial charge in [0, 0.05) is 22.7 Å². The lowest BCUT2D eigenvalue weighted by Gasteiger charge is -2.23. The predicted molar refractivity (Wildman–Crippen MR) is 104 cm³/mol. The molecule has 1 aliphatic rings. The summed E-state index contributed by atoms with van der Waals surface area (Å²) in [5, 5.41) is 20.8. The van der Waals surface area contributed by atoms with Crippen LogP contribution < -0.4 is 10.6 Å². The van der Waals surface area contributed by atoms with E-state index in [9.17, 15) is 19.7 Å². The van der Waals surface area contributed by atoms with E-state index >= 15 is 0 Å². The van der Waals surface area contributed by atoms with Crippen molar-refractivity contribution >= 4 is 41.0 Å². The van der Waals surface area contributed by atoms with E-state index in [2.05, 4.69) is 20.7 Å². The average Bonchev–Trinajstić information content (AvgIpc) is 3.10. The van der Waals surface area contributed by atoms with Crippen LogP contribution in [0.3, 0.4) is 0 Å². The van der Waals surface area contributed by atoms with Gasteiger partial charge in [0.25, 0.3) is 17.5 Å². The van der Waals surface area contributed by atoms with E-state index in [4.69, 9.17) is 11.6 Å². The van der Waals surface area contributed by atoms with E-state index in [-0.39, 0.29) is 35.5 Å². The van der Waals surface area contributed by atoms with Crippen molar-refractivity contribution < 1.29 is 14.5 Å². The van der Waals surface area contributed by atoms with Crippen molar-refractivity contribution in [3.63, 3.8) is 0 Å². The number of halogens is 1. The van der Waals surface area contributed by atoms with Crippen LogP contribution in [0.15, 0.2) is 48.5 Å². The van der Waals surface area contributed by atoms with Crippen LogP contribution in [-0.2, 0) is 4.79 Å². The molecule has 2 N–H and O–H groups in total. The predicted octanol–water partition coefficient (Wildman–Crippen LogP) is 3.02. The van der Waals surface area contributed by atoms with Gasteiger partial charge in [0.05, 0.1) is 17.4 Å². The molecule has 0 saturated heterocycles. The number of nitrogens with zero attached hydrogens (tertiary/aromatic N) is 4. The molecule has 2 heterocycles. The van der Waals surface area contributed by atoms with Crippen LogP contribution in [0.25, 0.3) is 0 Å². The number of hydrogen-bond acceptors (Lipinski definition) is 6. The van der Waals surface area contributed by atoms with E-state index in [0.29, 0.717) is 5.02 Å². The van der Waals surface area contributed by atoms with Crippen molar-refractivity contribution in [2.75, 3.05) is 10.6 Å². The molecule has 0 saturated carbocycles. The maximum absolute atomic E-state index is 12.4. The number of carbonyl (C=O) groups excluding carboxylic acids is 2. The maximum Gasteiger partial charge on any atom is 0.270 e. The summed E-state index contributed by atoms with van der Waals surface area (Å²) in [6, 6.07) is 11.9. The summed E-state index contributed by atoms with van der Waals surface area (Å²) in [5.41, 5.74) is 0.696. The molecule has 0 unspecified atom stereocenters. The first kappa shape index (κ1) is 18.6. The Morgan fingerprint density at radius 1 is 1.28 bits per heavy atom. The molecule has 2 aromatic carbocycles. The number of nitrogens with one attached hydrogen (secondary N) is 2. The van der Waals surface area contributed by atoms with Gasteiger partial charge in [-0.3, -0.25) is 30.3 Å². The molecule has 10 nitrogen and oxygen atoms in total. The van der Waals surface area contributed by atoms with Crippen molar-refractivity contribution in [1.29, 1.82) is 0 Å². The summed E-state index contributed by atoms with van der Waals surface area (Å²) in [4.78, 5) is 38.9. The van der Waals surface area contributed by atoms with Gasteiger partial charge in [-0.1, -0.05) is 29.8 Å². The molecule has 11 heteroatoms. The number of aromatic nitrogens is 3. The van der Waals surface area contributed by atoms with Gasteiger partial charge in [0.15, 0.2) is 0 Å². The van der Waals surface area contributed by atoms with Crippen LogP contribution in [0.2, 0.25) is 5.02 Å². The van der Waals surface area contributed by atoms with Gasteiger partial charge in [0.1, 0.15) is 0 Å². The van der Waals surface area contributed by atoms with Crippen molar-refractivity contribution in [2.45, 2.75) is 12.5 Å². The third kappa shape index (κ3) is 3.78. The number of benzene rings is 2. The van der Waals surface area contributed by atoms with E-state index < -0.39 is 16.9 Å². The normalized spacial score (nSPS) is 15.3. The molecule has 0 bridgehead atoms. The topological polar surface area (TPSA) is 132 Å². The molecule has 0 radical (unpaired) electrons. The minimum absolute atomic E-state index is 0.0299. The lowest BCUT2D eigenvalue weighted by Crippen LogP contribution is -2.29. The summed E-state index contributed by atoms with van der Waals surface area (Å²) in [6.07, 6.45) is 0.149. The van der Waals surface area contributed by atoms with Crippen molar-refractivity contribution in [3.8, 4) is 0 Å². The van der Waals surface area contributed by atoms with Crippen LogP contribution in [0.4, 0.5) is 17.6 Å². The second-order valence-corrected chi connectivity index (χ2v) is 6.72. The Balaban J connectivity index is 1.61. The molecule has 0 spiro atoms. The molecule has 29 heavy (non-hydrogen) atoms. The number of anilines is 2. The van der Waals surface area contributed by atoms with Crippen LogP contribution in [0, 0.1) is 10.1 Å². The van der Waals surface area contributed by atoms with E-state index in [1.165, 1.54) is 22.9 Å². The average molecular weight is 413 g/mol. The second kappa shape index (κ2) is 7.32. The largest absolute Gasteiger partial charge is 0.295 e. The molecular weight excluding hydrogens is 400 g/mol. The molecular formula is C18H13ClN6O4. The fourth-order valence-electron chi connectivity index (χ4n) is 3.00. The maximum atomic E-state index is 12.4. The summed E-state index contributed by atoms with van der Waals surface area (Å²) < 4.78 is 1.51. The Hall–Kier alpha value is -3.79. The van der Waals surface area contributed by atoms with Gasteiger partial charge >= 0.3 is 0 Å². The van der Waals surface area contributed by atoms with Crippen molar-refractivity contribution in [2.24, 2.45) is 0 Å². The summed E-state index contributed by atoms with van der Waals surface area (Å²) in [6.45, 7) is 0. The zero-order valence-corrected chi connectivity index (χ0v) is 15.5. The van der Waals surface area contributed by atoms with E-state index in [1.807, 2.05) is 0 Å².